The molecule has 114 valence electrons. The van der Waals surface area contributed by atoms with Gasteiger partial charge in [0.2, 0.25) is 5.91 Å². The summed E-state index contributed by atoms with van der Waals surface area (Å²) in [5.74, 6) is 1.77. The molecule has 3 atom stereocenters. The lowest BCUT2D eigenvalue weighted by molar-refractivity contribution is -0.131. The Morgan fingerprint density at radius 1 is 1.10 bits per heavy atom. The van der Waals surface area contributed by atoms with Gasteiger partial charge in [0.05, 0.1) is 12.7 Å². The fourth-order valence-corrected chi connectivity index (χ4v) is 4.05. The van der Waals surface area contributed by atoms with Crippen molar-refractivity contribution in [1.29, 1.82) is 0 Å². The molecule has 3 unspecified atom stereocenters. The molecule has 1 N–H and O–H groups in total. The van der Waals surface area contributed by atoms with Crippen molar-refractivity contribution >= 4 is 5.91 Å². The molecule has 1 saturated carbocycles. The second kappa shape index (κ2) is 6.18. The van der Waals surface area contributed by atoms with Crippen molar-refractivity contribution in [1.82, 2.24) is 10.2 Å². The topological polar surface area (TPSA) is 32.3 Å². The van der Waals surface area contributed by atoms with Gasteiger partial charge in [-0.25, -0.2) is 0 Å². The predicted molar refractivity (Wildman–Crippen MR) is 84.7 cm³/mol. The van der Waals surface area contributed by atoms with Crippen molar-refractivity contribution in [3.8, 4) is 0 Å². The third-order valence-corrected chi connectivity index (χ3v) is 4.97. The van der Waals surface area contributed by atoms with Crippen molar-refractivity contribution in [2.24, 2.45) is 11.8 Å². The summed E-state index contributed by atoms with van der Waals surface area (Å²) in [6, 6.07) is 10.7. The molecule has 1 heterocycles. The summed E-state index contributed by atoms with van der Waals surface area (Å²) in [6.45, 7) is 5.36. The first-order valence-corrected chi connectivity index (χ1v) is 8.21. The number of amides is 1. The molecule has 1 aromatic carbocycles. The van der Waals surface area contributed by atoms with Crippen molar-refractivity contribution in [2.75, 3.05) is 6.67 Å². The summed E-state index contributed by atoms with van der Waals surface area (Å²) in [6.07, 6.45) is 4.43. The monoisotopic (exact) mass is 286 g/mol. The van der Waals surface area contributed by atoms with E-state index >= 15 is 0 Å². The zero-order chi connectivity index (χ0) is 14.8. The van der Waals surface area contributed by atoms with Crippen molar-refractivity contribution in [2.45, 2.75) is 51.6 Å². The molecule has 1 aliphatic carbocycles. The molecule has 0 bridgehead atoms. The molecule has 21 heavy (non-hydrogen) atoms. The predicted octanol–water partition coefficient (Wildman–Crippen LogP) is 2.81. The molecule has 2 fully saturated rings. The summed E-state index contributed by atoms with van der Waals surface area (Å²) in [5, 5.41) is 3.41. The Morgan fingerprint density at radius 2 is 1.76 bits per heavy atom. The van der Waals surface area contributed by atoms with Gasteiger partial charge in [0, 0.05) is 6.04 Å². The summed E-state index contributed by atoms with van der Waals surface area (Å²) in [7, 11) is 0. The van der Waals surface area contributed by atoms with Crippen LogP contribution in [0, 0.1) is 11.8 Å². The highest BCUT2D eigenvalue weighted by Crippen LogP contribution is 2.32. The highest BCUT2D eigenvalue weighted by molar-refractivity contribution is 5.84. The zero-order valence-corrected chi connectivity index (χ0v) is 13.1. The first kappa shape index (κ1) is 14.6. The van der Waals surface area contributed by atoms with Gasteiger partial charge in [0.15, 0.2) is 0 Å². The van der Waals surface area contributed by atoms with Crippen LogP contribution in [0.2, 0.25) is 0 Å². The fourth-order valence-electron chi connectivity index (χ4n) is 4.05. The van der Waals surface area contributed by atoms with E-state index in [9.17, 15) is 4.79 Å². The third kappa shape index (κ3) is 3.29. The maximum absolute atomic E-state index is 12.7. The van der Waals surface area contributed by atoms with Crippen molar-refractivity contribution in [3.05, 3.63) is 35.9 Å². The van der Waals surface area contributed by atoms with Crippen LogP contribution in [-0.4, -0.2) is 29.6 Å². The summed E-state index contributed by atoms with van der Waals surface area (Å²) in [5.41, 5.74) is 1.23. The summed E-state index contributed by atoms with van der Waals surface area (Å²) >= 11 is 0. The number of nitrogens with zero attached hydrogens (tertiary/aromatic N) is 1. The zero-order valence-electron chi connectivity index (χ0n) is 13.1. The smallest absolute Gasteiger partial charge is 0.241 e. The highest BCUT2D eigenvalue weighted by Gasteiger charge is 2.38. The highest BCUT2D eigenvalue weighted by atomic mass is 16.2. The van der Waals surface area contributed by atoms with Crippen molar-refractivity contribution in [3.63, 3.8) is 0 Å². The van der Waals surface area contributed by atoms with E-state index < -0.39 is 0 Å². The minimum atomic E-state index is -0.0417. The van der Waals surface area contributed by atoms with Crippen LogP contribution < -0.4 is 5.32 Å². The van der Waals surface area contributed by atoms with Crippen LogP contribution in [0.3, 0.4) is 0 Å². The van der Waals surface area contributed by atoms with Gasteiger partial charge >= 0.3 is 0 Å². The van der Waals surface area contributed by atoms with Gasteiger partial charge in [-0.05, 0) is 43.1 Å². The minimum absolute atomic E-state index is 0.0417. The van der Waals surface area contributed by atoms with Crippen LogP contribution in [0.25, 0.3) is 0 Å². The lowest BCUT2D eigenvalue weighted by Gasteiger charge is -2.37. The van der Waals surface area contributed by atoms with E-state index in [1.807, 2.05) is 18.2 Å². The molecule has 3 nitrogen and oxygen atoms in total. The van der Waals surface area contributed by atoms with Gasteiger partial charge in [0.25, 0.3) is 0 Å². The van der Waals surface area contributed by atoms with E-state index in [0.29, 0.717) is 11.9 Å². The van der Waals surface area contributed by atoms with Crippen molar-refractivity contribution < 1.29 is 4.79 Å². The minimum Gasteiger partial charge on any atom is -0.326 e. The van der Waals surface area contributed by atoms with E-state index in [1.165, 1.54) is 12.0 Å². The molecule has 2 aliphatic rings. The van der Waals surface area contributed by atoms with Gasteiger partial charge in [-0.1, -0.05) is 44.2 Å². The normalized spacial score (nSPS) is 33.4. The molecule has 1 saturated heterocycles. The first-order chi connectivity index (χ1) is 10.1. The van der Waals surface area contributed by atoms with E-state index in [-0.39, 0.29) is 6.04 Å². The molecule has 0 radical (unpaired) electrons. The lowest BCUT2D eigenvalue weighted by atomic mass is 9.80. The second-order valence-electron chi connectivity index (χ2n) is 6.98. The van der Waals surface area contributed by atoms with Gasteiger partial charge in [-0.15, -0.1) is 0 Å². The molecule has 1 amide bonds. The number of rotatable bonds is 3. The summed E-state index contributed by atoms with van der Waals surface area (Å²) in [4.78, 5) is 14.8. The second-order valence-corrected chi connectivity index (χ2v) is 6.98. The molecule has 0 aromatic heterocycles. The standard InChI is InChI=1S/C18H26N2O/c1-13-8-14(2)10-16(9-13)20-12-19-17(18(20)21)11-15-6-4-3-5-7-15/h3-7,13-14,16-17,19H,8-12H2,1-2H3. The Bertz CT molecular complexity index is 477. The average molecular weight is 286 g/mol. The van der Waals surface area contributed by atoms with Crippen LogP contribution >= 0.6 is 0 Å². The third-order valence-electron chi connectivity index (χ3n) is 4.97. The number of carbonyl (C=O) groups excluding carboxylic acids is 1. The van der Waals surface area contributed by atoms with Gasteiger partial charge in [-0.3, -0.25) is 10.1 Å². The number of carbonyl (C=O) groups is 1. The van der Waals surface area contributed by atoms with Gasteiger partial charge in [-0.2, -0.15) is 0 Å². The molecule has 1 aliphatic heterocycles. The van der Waals surface area contributed by atoms with Crippen LogP contribution in [0.1, 0.15) is 38.7 Å². The molecular weight excluding hydrogens is 260 g/mol. The van der Waals surface area contributed by atoms with Crippen LogP contribution in [0.4, 0.5) is 0 Å². The SMILES string of the molecule is CC1CC(C)CC(N2CNC(Cc3ccccc3)C2=O)C1. The fraction of sp³-hybridized carbons (Fsp3) is 0.611. The molecule has 3 heteroatoms. The largest absolute Gasteiger partial charge is 0.326 e. The Hall–Kier alpha value is -1.35. The molecule has 0 spiro atoms. The maximum Gasteiger partial charge on any atom is 0.241 e. The quantitative estimate of drug-likeness (QED) is 0.926. The summed E-state index contributed by atoms with van der Waals surface area (Å²) < 4.78 is 0. The molecule has 3 rings (SSSR count). The maximum atomic E-state index is 12.7. The van der Waals surface area contributed by atoms with Gasteiger partial charge in [0.1, 0.15) is 0 Å². The Labute approximate surface area is 127 Å². The Balaban J connectivity index is 1.63. The number of hydrogen-bond donors (Lipinski definition) is 1. The first-order valence-electron chi connectivity index (χ1n) is 8.21. The molecular formula is C18H26N2O. The van der Waals surface area contributed by atoms with Crippen LogP contribution in [0.15, 0.2) is 30.3 Å². The van der Waals surface area contributed by atoms with Crippen LogP contribution in [0.5, 0.6) is 0 Å². The Morgan fingerprint density at radius 3 is 2.43 bits per heavy atom. The molecule has 1 aromatic rings. The van der Waals surface area contributed by atoms with E-state index in [4.69, 9.17) is 0 Å². The number of hydrogen-bond acceptors (Lipinski definition) is 2. The lowest BCUT2D eigenvalue weighted by Crippen LogP contribution is -2.43. The van der Waals surface area contributed by atoms with Gasteiger partial charge < -0.3 is 4.90 Å². The number of nitrogens with one attached hydrogen (secondary N) is 1. The van der Waals surface area contributed by atoms with Crippen LogP contribution in [-0.2, 0) is 11.2 Å². The van der Waals surface area contributed by atoms with E-state index in [0.717, 1.165) is 37.8 Å². The number of benzene rings is 1. The average Bonchev–Trinajstić information content (AvgIpc) is 2.80. The van der Waals surface area contributed by atoms with E-state index in [2.05, 4.69) is 36.2 Å². The van der Waals surface area contributed by atoms with E-state index in [1.54, 1.807) is 0 Å². The Kier molecular flexibility index (Phi) is 4.29.